The van der Waals surface area contributed by atoms with Crippen LogP contribution in [0.15, 0.2) is 24.3 Å². The zero-order chi connectivity index (χ0) is 17.0. The Kier molecular flexibility index (Phi) is 5.71. The van der Waals surface area contributed by atoms with Gasteiger partial charge in [-0.2, -0.15) is 5.10 Å². The van der Waals surface area contributed by atoms with E-state index in [0.717, 1.165) is 29.2 Å². The van der Waals surface area contributed by atoms with Crippen LogP contribution in [0.4, 0.5) is 10.1 Å². The fourth-order valence-corrected chi connectivity index (χ4v) is 2.48. The van der Waals surface area contributed by atoms with E-state index >= 15 is 0 Å². The quantitative estimate of drug-likeness (QED) is 0.820. The lowest BCUT2D eigenvalue weighted by Gasteiger charge is -2.12. The maximum atomic E-state index is 13.3. The standard InChI is InChI=1S/C17H23FN4S/c1-11(2)9-19-17(23)20-16-12(3)21-22(13(16)4)10-14-6-5-7-15(18)8-14/h5-8,11H,9-10H2,1-4H3,(H2,19,20,23). The number of halogens is 1. The van der Waals surface area contributed by atoms with Crippen LogP contribution in [-0.4, -0.2) is 21.4 Å². The van der Waals surface area contributed by atoms with Gasteiger partial charge in [-0.05, 0) is 49.7 Å². The molecule has 4 nitrogen and oxygen atoms in total. The fourth-order valence-electron chi connectivity index (χ4n) is 2.29. The third-order valence-corrected chi connectivity index (χ3v) is 3.76. The number of aromatic nitrogens is 2. The molecule has 0 aliphatic carbocycles. The van der Waals surface area contributed by atoms with E-state index in [1.807, 2.05) is 24.6 Å². The van der Waals surface area contributed by atoms with Gasteiger partial charge in [0, 0.05) is 6.54 Å². The van der Waals surface area contributed by atoms with Crippen molar-refractivity contribution in [3.05, 3.63) is 47.0 Å². The van der Waals surface area contributed by atoms with Crippen LogP contribution in [0.1, 0.15) is 30.8 Å². The second-order valence-corrected chi connectivity index (χ2v) is 6.47. The SMILES string of the molecule is Cc1nn(Cc2cccc(F)c2)c(C)c1NC(=S)NCC(C)C. The van der Waals surface area contributed by atoms with Gasteiger partial charge >= 0.3 is 0 Å². The third-order valence-electron chi connectivity index (χ3n) is 3.51. The van der Waals surface area contributed by atoms with Crippen molar-refractivity contribution in [3.63, 3.8) is 0 Å². The summed E-state index contributed by atoms with van der Waals surface area (Å²) >= 11 is 5.32. The van der Waals surface area contributed by atoms with Crippen LogP contribution in [0.5, 0.6) is 0 Å². The zero-order valence-electron chi connectivity index (χ0n) is 14.0. The summed E-state index contributed by atoms with van der Waals surface area (Å²) in [5, 5.41) is 11.5. The first-order chi connectivity index (χ1) is 10.9. The first-order valence-electron chi connectivity index (χ1n) is 7.70. The Labute approximate surface area is 142 Å². The predicted molar refractivity (Wildman–Crippen MR) is 96.3 cm³/mol. The summed E-state index contributed by atoms with van der Waals surface area (Å²) in [4.78, 5) is 0. The average Bonchev–Trinajstić information content (AvgIpc) is 2.73. The minimum Gasteiger partial charge on any atom is -0.362 e. The summed E-state index contributed by atoms with van der Waals surface area (Å²) in [5.74, 6) is 0.286. The van der Waals surface area contributed by atoms with E-state index in [9.17, 15) is 4.39 Å². The van der Waals surface area contributed by atoms with E-state index in [1.54, 1.807) is 6.07 Å². The third kappa shape index (κ3) is 4.76. The highest BCUT2D eigenvalue weighted by Gasteiger charge is 2.13. The number of nitrogens with zero attached hydrogens (tertiary/aromatic N) is 2. The summed E-state index contributed by atoms with van der Waals surface area (Å²) in [6.45, 7) is 9.51. The number of rotatable bonds is 5. The fraction of sp³-hybridized carbons (Fsp3) is 0.412. The maximum Gasteiger partial charge on any atom is 0.170 e. The van der Waals surface area contributed by atoms with Crippen molar-refractivity contribution in [2.75, 3.05) is 11.9 Å². The normalized spacial score (nSPS) is 10.9. The highest BCUT2D eigenvalue weighted by atomic mass is 32.1. The van der Waals surface area contributed by atoms with E-state index in [1.165, 1.54) is 12.1 Å². The average molecular weight is 334 g/mol. The van der Waals surface area contributed by atoms with Gasteiger partial charge in [0.2, 0.25) is 0 Å². The zero-order valence-corrected chi connectivity index (χ0v) is 14.8. The highest BCUT2D eigenvalue weighted by molar-refractivity contribution is 7.80. The van der Waals surface area contributed by atoms with Crippen LogP contribution in [0.3, 0.4) is 0 Å². The molecule has 0 saturated carbocycles. The Bertz CT molecular complexity index is 694. The molecule has 1 aromatic carbocycles. The van der Waals surface area contributed by atoms with E-state index < -0.39 is 0 Å². The Hall–Kier alpha value is -1.95. The minimum atomic E-state index is -0.235. The van der Waals surface area contributed by atoms with Crippen molar-refractivity contribution >= 4 is 23.0 Å². The van der Waals surface area contributed by atoms with Crippen LogP contribution < -0.4 is 10.6 Å². The second kappa shape index (κ2) is 7.55. The lowest BCUT2D eigenvalue weighted by atomic mass is 10.2. The Balaban J connectivity index is 2.11. The molecular formula is C17H23FN4S. The molecule has 1 aromatic heterocycles. The van der Waals surface area contributed by atoms with Gasteiger partial charge in [-0.1, -0.05) is 26.0 Å². The lowest BCUT2D eigenvalue weighted by molar-refractivity contribution is 0.616. The lowest BCUT2D eigenvalue weighted by Crippen LogP contribution is -2.31. The highest BCUT2D eigenvalue weighted by Crippen LogP contribution is 2.20. The number of nitrogens with one attached hydrogen (secondary N) is 2. The van der Waals surface area contributed by atoms with Crippen molar-refractivity contribution in [1.29, 1.82) is 0 Å². The summed E-state index contributed by atoms with van der Waals surface area (Å²) < 4.78 is 15.2. The molecule has 0 saturated heterocycles. The van der Waals surface area contributed by atoms with Gasteiger partial charge in [0.25, 0.3) is 0 Å². The summed E-state index contributed by atoms with van der Waals surface area (Å²) in [6.07, 6.45) is 0. The first kappa shape index (κ1) is 17.4. The molecular weight excluding hydrogens is 311 g/mol. The minimum absolute atomic E-state index is 0.235. The largest absolute Gasteiger partial charge is 0.362 e. The topological polar surface area (TPSA) is 41.9 Å². The van der Waals surface area contributed by atoms with Gasteiger partial charge < -0.3 is 10.6 Å². The van der Waals surface area contributed by atoms with Crippen LogP contribution >= 0.6 is 12.2 Å². The van der Waals surface area contributed by atoms with Crippen LogP contribution in [0.25, 0.3) is 0 Å². The summed E-state index contributed by atoms with van der Waals surface area (Å²) in [7, 11) is 0. The summed E-state index contributed by atoms with van der Waals surface area (Å²) in [5.41, 5.74) is 3.62. The van der Waals surface area contributed by atoms with Crippen LogP contribution in [0, 0.1) is 25.6 Å². The molecule has 2 N–H and O–H groups in total. The number of thiocarbonyl (C=S) groups is 1. The number of benzene rings is 1. The first-order valence-corrected chi connectivity index (χ1v) is 8.11. The molecule has 6 heteroatoms. The molecule has 23 heavy (non-hydrogen) atoms. The van der Waals surface area contributed by atoms with E-state index in [0.29, 0.717) is 17.6 Å². The molecule has 0 aliphatic heterocycles. The molecule has 2 aromatic rings. The molecule has 0 amide bonds. The molecule has 0 fully saturated rings. The van der Waals surface area contributed by atoms with E-state index in [-0.39, 0.29) is 5.82 Å². The maximum absolute atomic E-state index is 13.3. The predicted octanol–water partition coefficient (Wildman–Crippen LogP) is 3.63. The van der Waals surface area contributed by atoms with Crippen molar-refractivity contribution < 1.29 is 4.39 Å². The summed E-state index contributed by atoms with van der Waals surface area (Å²) in [6, 6.07) is 6.57. The molecule has 2 rings (SSSR count). The van der Waals surface area contributed by atoms with Gasteiger partial charge in [0.15, 0.2) is 5.11 Å². The Morgan fingerprint density at radius 1 is 1.35 bits per heavy atom. The number of aryl methyl sites for hydroxylation is 1. The Morgan fingerprint density at radius 3 is 2.74 bits per heavy atom. The van der Waals surface area contributed by atoms with Crippen LogP contribution in [-0.2, 0) is 6.54 Å². The van der Waals surface area contributed by atoms with Crippen molar-refractivity contribution in [2.45, 2.75) is 34.2 Å². The number of hydrogen-bond donors (Lipinski definition) is 2. The van der Waals surface area contributed by atoms with E-state index in [2.05, 4.69) is 29.6 Å². The van der Waals surface area contributed by atoms with Crippen molar-refractivity contribution in [3.8, 4) is 0 Å². The van der Waals surface area contributed by atoms with Gasteiger partial charge in [0.05, 0.1) is 23.6 Å². The van der Waals surface area contributed by atoms with Gasteiger partial charge in [-0.3, -0.25) is 4.68 Å². The van der Waals surface area contributed by atoms with Gasteiger partial charge in [-0.15, -0.1) is 0 Å². The smallest absolute Gasteiger partial charge is 0.170 e. The van der Waals surface area contributed by atoms with Gasteiger partial charge in [-0.25, -0.2) is 4.39 Å². The molecule has 0 aliphatic rings. The molecule has 0 atom stereocenters. The number of hydrogen-bond acceptors (Lipinski definition) is 2. The van der Waals surface area contributed by atoms with Crippen LogP contribution in [0.2, 0.25) is 0 Å². The van der Waals surface area contributed by atoms with Crippen molar-refractivity contribution in [2.24, 2.45) is 5.92 Å². The molecule has 0 radical (unpaired) electrons. The molecule has 0 bridgehead atoms. The van der Waals surface area contributed by atoms with Crippen molar-refractivity contribution in [1.82, 2.24) is 15.1 Å². The molecule has 0 spiro atoms. The Morgan fingerprint density at radius 2 is 2.09 bits per heavy atom. The number of anilines is 1. The monoisotopic (exact) mass is 334 g/mol. The molecule has 124 valence electrons. The molecule has 0 unspecified atom stereocenters. The second-order valence-electron chi connectivity index (χ2n) is 6.06. The van der Waals surface area contributed by atoms with E-state index in [4.69, 9.17) is 12.2 Å². The van der Waals surface area contributed by atoms with Gasteiger partial charge in [0.1, 0.15) is 5.82 Å². The molecule has 1 heterocycles.